The van der Waals surface area contributed by atoms with Gasteiger partial charge in [-0.1, -0.05) is 6.42 Å². The third-order valence-electron chi connectivity index (χ3n) is 3.54. The van der Waals surface area contributed by atoms with E-state index in [4.69, 9.17) is 12.2 Å². The molecule has 0 saturated carbocycles. The molecular formula is C14H25N3O. The summed E-state index contributed by atoms with van der Waals surface area (Å²) in [5.41, 5.74) is 5.61. The fourth-order valence-electron chi connectivity index (χ4n) is 2.33. The highest BCUT2D eigenvalue weighted by molar-refractivity contribution is 5.81. The van der Waals surface area contributed by atoms with Crippen molar-refractivity contribution in [3.05, 3.63) is 0 Å². The zero-order valence-electron chi connectivity index (χ0n) is 11.3. The van der Waals surface area contributed by atoms with Crippen LogP contribution >= 0.6 is 0 Å². The Morgan fingerprint density at radius 1 is 1.61 bits per heavy atom. The molecule has 18 heavy (non-hydrogen) atoms. The minimum Gasteiger partial charge on any atom is -0.355 e. The van der Waals surface area contributed by atoms with Crippen molar-refractivity contribution in [3.63, 3.8) is 0 Å². The second kappa shape index (κ2) is 8.12. The molecule has 4 heteroatoms. The van der Waals surface area contributed by atoms with Gasteiger partial charge in [0.1, 0.15) is 0 Å². The standard InChI is InChI=1S/C14H25N3O/c1-3-7-13(15)14(18)16-9-6-11-17-10-5-4-8-12(17)2/h1,12-13H,4-11,15H2,2H3,(H,16,18). The number of nitrogens with zero attached hydrogens (tertiary/aromatic N) is 1. The smallest absolute Gasteiger partial charge is 0.237 e. The van der Waals surface area contributed by atoms with Crippen molar-refractivity contribution in [2.75, 3.05) is 19.6 Å². The summed E-state index contributed by atoms with van der Waals surface area (Å²) in [6.07, 6.45) is 10.3. The number of rotatable bonds is 6. The Bertz CT molecular complexity index is 298. The summed E-state index contributed by atoms with van der Waals surface area (Å²) in [6, 6.07) is 0.113. The molecule has 1 rings (SSSR count). The van der Waals surface area contributed by atoms with E-state index >= 15 is 0 Å². The van der Waals surface area contributed by atoms with E-state index in [1.807, 2.05) is 0 Å². The minimum atomic E-state index is -0.566. The largest absolute Gasteiger partial charge is 0.355 e. The summed E-state index contributed by atoms with van der Waals surface area (Å²) < 4.78 is 0. The molecule has 2 atom stereocenters. The van der Waals surface area contributed by atoms with Crippen molar-refractivity contribution in [2.45, 2.75) is 51.1 Å². The lowest BCUT2D eigenvalue weighted by Gasteiger charge is -2.33. The van der Waals surface area contributed by atoms with Gasteiger partial charge in [-0.3, -0.25) is 4.79 Å². The molecule has 3 N–H and O–H groups in total. The third kappa shape index (κ3) is 5.07. The summed E-state index contributed by atoms with van der Waals surface area (Å²) in [4.78, 5) is 14.0. The van der Waals surface area contributed by atoms with Gasteiger partial charge < -0.3 is 16.0 Å². The summed E-state index contributed by atoms with van der Waals surface area (Å²) in [6.45, 7) is 5.19. The first-order chi connectivity index (χ1) is 8.65. The number of piperidine rings is 1. The number of carbonyl (C=O) groups excluding carboxylic acids is 1. The van der Waals surface area contributed by atoms with Gasteiger partial charge in [-0.2, -0.15) is 0 Å². The number of hydrogen-bond donors (Lipinski definition) is 2. The average molecular weight is 251 g/mol. The molecule has 0 aromatic heterocycles. The summed E-state index contributed by atoms with van der Waals surface area (Å²) in [5, 5.41) is 2.84. The molecule has 1 fully saturated rings. The summed E-state index contributed by atoms with van der Waals surface area (Å²) >= 11 is 0. The van der Waals surface area contributed by atoms with E-state index in [2.05, 4.69) is 23.1 Å². The molecule has 0 aliphatic carbocycles. The maximum Gasteiger partial charge on any atom is 0.237 e. The van der Waals surface area contributed by atoms with Crippen LogP contribution in [0.15, 0.2) is 0 Å². The molecule has 1 aliphatic rings. The maximum absolute atomic E-state index is 11.5. The van der Waals surface area contributed by atoms with Crippen LogP contribution in [0.5, 0.6) is 0 Å². The Morgan fingerprint density at radius 2 is 2.39 bits per heavy atom. The van der Waals surface area contributed by atoms with Crippen LogP contribution in [0.3, 0.4) is 0 Å². The molecule has 0 spiro atoms. The number of nitrogens with one attached hydrogen (secondary N) is 1. The number of nitrogens with two attached hydrogens (primary N) is 1. The summed E-state index contributed by atoms with van der Waals surface area (Å²) in [7, 11) is 0. The zero-order chi connectivity index (χ0) is 13.4. The molecule has 4 nitrogen and oxygen atoms in total. The van der Waals surface area contributed by atoms with Crippen LogP contribution in [0.4, 0.5) is 0 Å². The van der Waals surface area contributed by atoms with Crippen LogP contribution in [-0.4, -0.2) is 42.5 Å². The molecule has 2 unspecified atom stereocenters. The Morgan fingerprint density at radius 3 is 3.06 bits per heavy atom. The Balaban J connectivity index is 2.11. The van der Waals surface area contributed by atoms with Gasteiger partial charge >= 0.3 is 0 Å². The molecule has 0 aromatic rings. The lowest BCUT2D eigenvalue weighted by molar-refractivity contribution is -0.122. The van der Waals surface area contributed by atoms with E-state index in [0.29, 0.717) is 19.0 Å². The predicted molar refractivity (Wildman–Crippen MR) is 73.9 cm³/mol. The fraction of sp³-hybridized carbons (Fsp3) is 0.786. The number of likely N-dealkylation sites (tertiary alicyclic amines) is 1. The Labute approximate surface area is 110 Å². The summed E-state index contributed by atoms with van der Waals surface area (Å²) in [5.74, 6) is 2.26. The number of amides is 1. The van der Waals surface area contributed by atoms with Crippen LogP contribution in [0.25, 0.3) is 0 Å². The monoisotopic (exact) mass is 251 g/mol. The number of terminal acetylenes is 1. The highest BCUT2D eigenvalue weighted by Crippen LogP contribution is 2.15. The van der Waals surface area contributed by atoms with Gasteiger partial charge in [0.2, 0.25) is 5.91 Å². The van der Waals surface area contributed by atoms with E-state index in [1.165, 1.54) is 25.8 Å². The fourth-order valence-corrected chi connectivity index (χ4v) is 2.33. The van der Waals surface area contributed by atoms with Crippen LogP contribution in [0, 0.1) is 12.3 Å². The first-order valence-corrected chi connectivity index (χ1v) is 6.86. The topological polar surface area (TPSA) is 58.4 Å². The van der Waals surface area contributed by atoms with Crippen molar-refractivity contribution in [1.82, 2.24) is 10.2 Å². The van der Waals surface area contributed by atoms with E-state index in [1.54, 1.807) is 0 Å². The van der Waals surface area contributed by atoms with E-state index in [9.17, 15) is 4.79 Å². The average Bonchev–Trinajstić information content (AvgIpc) is 2.36. The van der Waals surface area contributed by atoms with Crippen LogP contribution < -0.4 is 11.1 Å². The second-order valence-corrected chi connectivity index (χ2v) is 5.04. The van der Waals surface area contributed by atoms with Gasteiger partial charge in [0.25, 0.3) is 0 Å². The first-order valence-electron chi connectivity index (χ1n) is 6.86. The number of carbonyl (C=O) groups is 1. The highest BCUT2D eigenvalue weighted by Gasteiger charge is 2.17. The van der Waals surface area contributed by atoms with E-state index in [0.717, 1.165) is 13.0 Å². The molecule has 0 bridgehead atoms. The van der Waals surface area contributed by atoms with E-state index < -0.39 is 6.04 Å². The molecule has 1 heterocycles. The lowest BCUT2D eigenvalue weighted by atomic mass is 10.0. The third-order valence-corrected chi connectivity index (χ3v) is 3.54. The van der Waals surface area contributed by atoms with E-state index in [-0.39, 0.29) is 5.91 Å². The first kappa shape index (κ1) is 15.0. The maximum atomic E-state index is 11.5. The van der Waals surface area contributed by atoms with Crippen molar-refractivity contribution in [1.29, 1.82) is 0 Å². The molecule has 1 aliphatic heterocycles. The van der Waals surface area contributed by atoms with Gasteiger partial charge in [-0.25, -0.2) is 0 Å². The predicted octanol–water partition coefficient (Wildman–Crippen LogP) is 0.718. The normalized spacial score (nSPS) is 22.2. The minimum absolute atomic E-state index is 0.139. The van der Waals surface area contributed by atoms with Gasteiger partial charge in [-0.05, 0) is 32.7 Å². The molecule has 0 aromatic carbocycles. The number of hydrogen-bond acceptors (Lipinski definition) is 3. The van der Waals surface area contributed by atoms with Crippen molar-refractivity contribution in [2.24, 2.45) is 5.73 Å². The van der Waals surface area contributed by atoms with Crippen LogP contribution in [-0.2, 0) is 4.79 Å². The Hall–Kier alpha value is -1.05. The zero-order valence-corrected chi connectivity index (χ0v) is 11.3. The SMILES string of the molecule is C#CCC(N)C(=O)NCCCN1CCCCC1C. The molecule has 0 radical (unpaired) electrons. The van der Waals surface area contributed by atoms with Crippen LogP contribution in [0.2, 0.25) is 0 Å². The molecule has 102 valence electrons. The van der Waals surface area contributed by atoms with Gasteiger partial charge in [0.15, 0.2) is 0 Å². The lowest BCUT2D eigenvalue weighted by Crippen LogP contribution is -2.42. The van der Waals surface area contributed by atoms with Crippen molar-refractivity contribution < 1.29 is 4.79 Å². The molecular weight excluding hydrogens is 226 g/mol. The van der Waals surface area contributed by atoms with Crippen molar-refractivity contribution >= 4 is 5.91 Å². The quantitative estimate of drug-likeness (QED) is 0.540. The van der Waals surface area contributed by atoms with Gasteiger partial charge in [0.05, 0.1) is 6.04 Å². The van der Waals surface area contributed by atoms with Gasteiger partial charge in [-0.15, -0.1) is 12.3 Å². The van der Waals surface area contributed by atoms with Crippen molar-refractivity contribution in [3.8, 4) is 12.3 Å². The van der Waals surface area contributed by atoms with Gasteiger partial charge in [0, 0.05) is 25.6 Å². The molecule has 1 amide bonds. The Kier molecular flexibility index (Phi) is 6.77. The van der Waals surface area contributed by atoms with Crippen LogP contribution in [0.1, 0.15) is 39.0 Å². The second-order valence-electron chi connectivity index (χ2n) is 5.04. The molecule has 1 saturated heterocycles. The highest BCUT2D eigenvalue weighted by atomic mass is 16.2.